The van der Waals surface area contributed by atoms with Crippen LogP contribution in [-0.4, -0.2) is 46.5 Å². The number of fused-ring (bicyclic) bond motifs is 1. The van der Waals surface area contributed by atoms with Crippen molar-refractivity contribution in [3.8, 4) is 5.88 Å². The van der Waals surface area contributed by atoms with E-state index in [1.54, 1.807) is 4.68 Å². The number of ether oxygens (including phenoxy) is 2. The lowest BCUT2D eigenvalue weighted by atomic mass is 10.1. The fourth-order valence-electron chi connectivity index (χ4n) is 3.71. The van der Waals surface area contributed by atoms with Gasteiger partial charge >= 0.3 is 0 Å². The maximum Gasteiger partial charge on any atom is 0.262 e. The average Bonchev–Trinajstić information content (AvgIpc) is 3.04. The van der Waals surface area contributed by atoms with Crippen LogP contribution in [0.2, 0.25) is 0 Å². The quantitative estimate of drug-likeness (QED) is 0.650. The third-order valence-electron chi connectivity index (χ3n) is 5.19. The van der Waals surface area contributed by atoms with Gasteiger partial charge in [-0.25, -0.2) is 9.67 Å². The number of pyridine rings is 1. The van der Waals surface area contributed by atoms with Crippen LogP contribution in [0.25, 0.3) is 11.0 Å². The molecule has 0 aliphatic carbocycles. The topological polar surface area (TPSA) is 90.3 Å². The minimum atomic E-state index is -0.239. The number of aryl methyl sites for hydroxylation is 3. The van der Waals surface area contributed by atoms with Crippen LogP contribution in [-0.2, 0) is 16.6 Å². The summed E-state index contributed by atoms with van der Waals surface area (Å²) in [6, 6.07) is 10.1. The molecule has 2 N–H and O–H groups in total. The second-order valence-electron chi connectivity index (χ2n) is 7.65. The number of aromatic nitrogens is 3. The highest BCUT2D eigenvalue weighted by atomic mass is 16.5. The molecule has 3 aromatic rings. The van der Waals surface area contributed by atoms with Gasteiger partial charge in [0.2, 0.25) is 5.88 Å². The molecule has 1 aliphatic heterocycles. The molecular weight excluding hydrogens is 382 g/mol. The Morgan fingerprint density at radius 3 is 2.63 bits per heavy atom. The molecule has 1 aromatic carbocycles. The lowest BCUT2D eigenvalue weighted by Gasteiger charge is -2.24. The van der Waals surface area contributed by atoms with E-state index in [1.165, 1.54) is 0 Å². The minimum absolute atomic E-state index is 0.124. The summed E-state index contributed by atoms with van der Waals surface area (Å²) in [6.45, 7) is 5.40. The van der Waals surface area contributed by atoms with Crippen molar-refractivity contribution in [2.75, 3.05) is 30.5 Å². The Bertz CT molecular complexity index is 1040. The second-order valence-corrected chi connectivity index (χ2v) is 7.65. The summed E-state index contributed by atoms with van der Waals surface area (Å²) in [4.78, 5) is 16.9. The van der Waals surface area contributed by atoms with Crippen LogP contribution in [0.4, 0.5) is 11.4 Å². The fraction of sp³-hybridized carbons (Fsp3) is 0.409. The molecule has 8 heteroatoms. The van der Waals surface area contributed by atoms with Gasteiger partial charge in [-0.2, -0.15) is 0 Å². The molecule has 0 radical (unpaired) electrons. The molecule has 8 nitrogen and oxygen atoms in total. The summed E-state index contributed by atoms with van der Waals surface area (Å²) in [7, 11) is 1.82. The van der Waals surface area contributed by atoms with Crippen molar-refractivity contribution in [2.45, 2.75) is 32.7 Å². The summed E-state index contributed by atoms with van der Waals surface area (Å²) >= 11 is 0. The number of rotatable bonds is 6. The number of carbonyl (C=O) groups is 1. The number of benzene rings is 1. The van der Waals surface area contributed by atoms with Gasteiger partial charge < -0.3 is 20.1 Å². The number of amides is 1. The van der Waals surface area contributed by atoms with Gasteiger partial charge in [0.15, 0.2) is 12.3 Å². The number of nitrogens with zero attached hydrogens (tertiary/aromatic N) is 3. The molecule has 4 rings (SSSR count). The molecule has 1 aliphatic rings. The highest BCUT2D eigenvalue weighted by Gasteiger charge is 2.16. The number of anilines is 2. The van der Waals surface area contributed by atoms with Crippen molar-refractivity contribution in [3.63, 3.8) is 0 Å². The fourth-order valence-corrected chi connectivity index (χ4v) is 3.71. The van der Waals surface area contributed by atoms with E-state index in [0.29, 0.717) is 11.9 Å². The predicted molar refractivity (Wildman–Crippen MR) is 116 cm³/mol. The van der Waals surface area contributed by atoms with Crippen LogP contribution in [0.1, 0.15) is 24.1 Å². The van der Waals surface area contributed by atoms with Gasteiger partial charge in [-0.05, 0) is 62.6 Å². The second kappa shape index (κ2) is 8.71. The molecule has 3 heterocycles. The smallest absolute Gasteiger partial charge is 0.262 e. The summed E-state index contributed by atoms with van der Waals surface area (Å²) < 4.78 is 12.8. The number of hydrogen-bond donors (Lipinski definition) is 2. The molecule has 158 valence electrons. The molecule has 0 bridgehead atoms. The first-order valence-electron chi connectivity index (χ1n) is 10.2. The van der Waals surface area contributed by atoms with Crippen molar-refractivity contribution in [2.24, 2.45) is 7.05 Å². The molecule has 2 aromatic heterocycles. The van der Waals surface area contributed by atoms with E-state index in [9.17, 15) is 4.79 Å². The van der Waals surface area contributed by atoms with Crippen LogP contribution in [0, 0.1) is 13.8 Å². The Kier molecular flexibility index (Phi) is 5.85. The Morgan fingerprint density at radius 1 is 1.20 bits per heavy atom. The highest BCUT2D eigenvalue weighted by Crippen LogP contribution is 2.27. The van der Waals surface area contributed by atoms with Crippen molar-refractivity contribution in [1.29, 1.82) is 0 Å². The van der Waals surface area contributed by atoms with Gasteiger partial charge in [0.1, 0.15) is 0 Å². The van der Waals surface area contributed by atoms with Crippen molar-refractivity contribution >= 4 is 28.3 Å². The maximum atomic E-state index is 12.4. The van der Waals surface area contributed by atoms with Crippen molar-refractivity contribution in [3.05, 3.63) is 41.6 Å². The molecule has 0 atom stereocenters. The monoisotopic (exact) mass is 409 g/mol. The van der Waals surface area contributed by atoms with E-state index < -0.39 is 0 Å². The number of carbonyl (C=O) groups excluding carboxylic acids is 1. The molecule has 30 heavy (non-hydrogen) atoms. The van der Waals surface area contributed by atoms with Crippen LogP contribution in [0.3, 0.4) is 0 Å². The Hall–Kier alpha value is -3.13. The van der Waals surface area contributed by atoms with E-state index in [1.807, 2.05) is 51.2 Å². The summed E-state index contributed by atoms with van der Waals surface area (Å²) in [5.74, 6) is 0.181. The Balaban J connectivity index is 1.34. The molecule has 0 saturated carbocycles. The van der Waals surface area contributed by atoms with E-state index in [-0.39, 0.29) is 12.5 Å². The molecule has 1 fully saturated rings. The highest BCUT2D eigenvalue weighted by molar-refractivity contribution is 5.92. The minimum Gasteiger partial charge on any atom is -0.466 e. The summed E-state index contributed by atoms with van der Waals surface area (Å²) in [5, 5.41) is 11.6. The van der Waals surface area contributed by atoms with E-state index in [0.717, 1.165) is 59.7 Å². The Morgan fingerprint density at radius 2 is 1.90 bits per heavy atom. The lowest BCUT2D eigenvalue weighted by Crippen LogP contribution is -2.27. The molecular formula is C22H27N5O3. The number of hydrogen-bond acceptors (Lipinski definition) is 6. The van der Waals surface area contributed by atoms with Crippen LogP contribution in [0.5, 0.6) is 5.88 Å². The number of nitrogens with one attached hydrogen (secondary N) is 2. The third-order valence-corrected chi connectivity index (χ3v) is 5.19. The van der Waals surface area contributed by atoms with E-state index >= 15 is 0 Å². The SMILES string of the molecule is Cc1cc(C)c2c(OCC(=O)Nc3ccc(NC4CCOCC4)cc3)nn(C)c2n1. The van der Waals surface area contributed by atoms with Crippen LogP contribution < -0.4 is 15.4 Å². The normalized spacial score (nSPS) is 14.6. The summed E-state index contributed by atoms with van der Waals surface area (Å²) in [5.41, 5.74) is 4.45. The van der Waals surface area contributed by atoms with Crippen LogP contribution in [0.15, 0.2) is 30.3 Å². The van der Waals surface area contributed by atoms with Gasteiger partial charge in [0.05, 0.1) is 5.39 Å². The molecule has 1 amide bonds. The van der Waals surface area contributed by atoms with Gasteiger partial charge in [-0.1, -0.05) is 0 Å². The zero-order chi connectivity index (χ0) is 21.1. The molecule has 0 spiro atoms. The van der Waals surface area contributed by atoms with Crippen LogP contribution >= 0.6 is 0 Å². The van der Waals surface area contributed by atoms with Crippen molar-refractivity contribution < 1.29 is 14.3 Å². The first kappa shape index (κ1) is 20.2. The van der Waals surface area contributed by atoms with Gasteiger partial charge in [-0.15, -0.1) is 5.10 Å². The van der Waals surface area contributed by atoms with Gasteiger partial charge in [-0.3, -0.25) is 4.79 Å². The molecule has 0 unspecified atom stereocenters. The standard InChI is InChI=1S/C22H27N5O3/c1-14-12-15(2)23-21-20(14)22(26-27(21)3)30-13-19(28)25-17-6-4-16(5-7-17)24-18-8-10-29-11-9-18/h4-7,12,18,24H,8-11,13H2,1-3H3,(H,25,28). The molecule has 1 saturated heterocycles. The van der Waals surface area contributed by atoms with E-state index in [4.69, 9.17) is 9.47 Å². The third kappa shape index (κ3) is 4.54. The zero-order valence-electron chi connectivity index (χ0n) is 17.6. The lowest BCUT2D eigenvalue weighted by molar-refractivity contribution is -0.118. The first-order chi connectivity index (χ1) is 14.5. The van der Waals surface area contributed by atoms with Gasteiger partial charge in [0.25, 0.3) is 5.91 Å². The first-order valence-corrected chi connectivity index (χ1v) is 10.2. The largest absolute Gasteiger partial charge is 0.466 e. The zero-order valence-corrected chi connectivity index (χ0v) is 17.6. The van der Waals surface area contributed by atoms with Crippen molar-refractivity contribution in [1.82, 2.24) is 14.8 Å². The predicted octanol–water partition coefficient (Wildman–Crippen LogP) is 3.19. The van der Waals surface area contributed by atoms with Gasteiger partial charge in [0, 0.05) is 43.4 Å². The average molecular weight is 409 g/mol. The summed E-state index contributed by atoms with van der Waals surface area (Å²) in [6.07, 6.45) is 2.01. The maximum absolute atomic E-state index is 12.4. The van der Waals surface area contributed by atoms with E-state index in [2.05, 4.69) is 20.7 Å². The Labute approximate surface area is 175 Å².